The molecule has 0 fully saturated rings. The first-order valence-electron chi connectivity index (χ1n) is 8.07. The number of aliphatic hydroxyl groups is 1. The molecule has 3 aromatic carbocycles. The predicted molar refractivity (Wildman–Crippen MR) is 99.7 cm³/mol. The molecule has 0 atom stereocenters. The van der Waals surface area contributed by atoms with Crippen molar-refractivity contribution in [3.8, 4) is 0 Å². The number of hydrogen-bond donors (Lipinski definition) is 1. The van der Waals surface area contributed by atoms with Crippen molar-refractivity contribution in [3.63, 3.8) is 0 Å². The van der Waals surface area contributed by atoms with E-state index in [1.807, 2.05) is 68.4 Å². The zero-order chi connectivity index (χ0) is 17.9. The monoisotopic (exact) mass is 329 g/mol. The van der Waals surface area contributed by atoms with Crippen molar-refractivity contribution < 1.29 is 5.11 Å². The van der Waals surface area contributed by atoms with Crippen molar-refractivity contribution in [1.29, 1.82) is 0 Å². The van der Waals surface area contributed by atoms with E-state index >= 15 is 0 Å². The predicted octanol–water partition coefficient (Wildman–Crippen LogP) is 5.53. The molecule has 3 aromatic rings. The zero-order valence-corrected chi connectivity index (χ0v) is 14.2. The van der Waals surface area contributed by atoms with Crippen LogP contribution in [-0.2, 0) is 5.60 Å². The average molecular weight is 329 g/mol. The third kappa shape index (κ3) is 3.13. The highest BCUT2D eigenvalue weighted by Gasteiger charge is 2.35. The van der Waals surface area contributed by atoms with Crippen LogP contribution in [0, 0.1) is 13.8 Å². The Balaban J connectivity index is 2.31. The number of benzene rings is 3. The molecule has 0 amide bonds. The molecule has 4 heteroatoms. The molecule has 0 bridgehead atoms. The first-order valence-corrected chi connectivity index (χ1v) is 8.07. The Hall–Kier alpha value is -3.07. The van der Waals surface area contributed by atoms with E-state index in [0.717, 1.165) is 22.3 Å². The van der Waals surface area contributed by atoms with Gasteiger partial charge in [-0.15, -0.1) is 0 Å². The van der Waals surface area contributed by atoms with Crippen molar-refractivity contribution >= 4 is 5.69 Å². The number of azide groups is 1. The Morgan fingerprint density at radius 2 is 1.28 bits per heavy atom. The van der Waals surface area contributed by atoms with Gasteiger partial charge in [-0.25, -0.2) is 0 Å². The smallest absolute Gasteiger partial charge is 0.141 e. The van der Waals surface area contributed by atoms with Gasteiger partial charge >= 0.3 is 0 Å². The largest absolute Gasteiger partial charge is 0.376 e. The summed E-state index contributed by atoms with van der Waals surface area (Å²) in [6, 6.07) is 22.6. The fraction of sp³-hybridized carbons (Fsp3) is 0.143. The molecule has 25 heavy (non-hydrogen) atoms. The molecule has 124 valence electrons. The third-order valence-corrected chi connectivity index (χ3v) is 4.38. The lowest BCUT2D eigenvalue weighted by molar-refractivity contribution is 0.126. The quantitative estimate of drug-likeness (QED) is 0.291. The van der Waals surface area contributed by atoms with Crippen molar-refractivity contribution in [2.24, 2.45) is 5.11 Å². The Labute approximate surface area is 147 Å². The summed E-state index contributed by atoms with van der Waals surface area (Å²) in [5, 5.41) is 15.6. The van der Waals surface area contributed by atoms with E-state index in [1.54, 1.807) is 18.2 Å². The highest BCUT2D eigenvalue weighted by molar-refractivity contribution is 5.58. The Morgan fingerprint density at radius 3 is 1.76 bits per heavy atom. The maximum Gasteiger partial charge on any atom is 0.141 e. The van der Waals surface area contributed by atoms with E-state index in [9.17, 15) is 5.11 Å². The van der Waals surface area contributed by atoms with E-state index in [1.165, 1.54) is 0 Å². The molecule has 0 radical (unpaired) electrons. The number of nitrogens with zero attached hydrogens (tertiary/aromatic N) is 3. The lowest BCUT2D eigenvalue weighted by Gasteiger charge is -2.31. The van der Waals surface area contributed by atoms with E-state index < -0.39 is 5.60 Å². The molecule has 1 N–H and O–H groups in total. The Kier molecular flexibility index (Phi) is 4.57. The van der Waals surface area contributed by atoms with E-state index in [0.29, 0.717) is 11.3 Å². The van der Waals surface area contributed by atoms with Crippen LogP contribution >= 0.6 is 0 Å². The summed E-state index contributed by atoms with van der Waals surface area (Å²) in [6.07, 6.45) is 0. The Bertz CT molecular complexity index is 879. The lowest BCUT2D eigenvalue weighted by Crippen LogP contribution is -2.29. The SMILES string of the molecule is Cc1ccc(C(O)(c2ccc(C)cc2)c2ccccc2N=[N+]=[N-])cc1. The fourth-order valence-electron chi connectivity index (χ4n) is 2.98. The summed E-state index contributed by atoms with van der Waals surface area (Å²) in [6.45, 7) is 4.01. The third-order valence-electron chi connectivity index (χ3n) is 4.38. The second-order valence-corrected chi connectivity index (χ2v) is 6.15. The average Bonchev–Trinajstić information content (AvgIpc) is 2.63. The van der Waals surface area contributed by atoms with Gasteiger partial charge in [0.25, 0.3) is 0 Å². The van der Waals surface area contributed by atoms with Crippen molar-refractivity contribution in [1.82, 2.24) is 0 Å². The van der Waals surface area contributed by atoms with Crippen LogP contribution in [0.15, 0.2) is 77.9 Å². The maximum absolute atomic E-state index is 11.8. The van der Waals surface area contributed by atoms with Crippen LogP contribution < -0.4 is 0 Å². The van der Waals surface area contributed by atoms with Crippen LogP contribution in [0.4, 0.5) is 5.69 Å². The molecule has 0 saturated heterocycles. The maximum atomic E-state index is 11.8. The van der Waals surface area contributed by atoms with Crippen LogP contribution in [0.2, 0.25) is 0 Å². The van der Waals surface area contributed by atoms with Gasteiger partial charge in [0.1, 0.15) is 5.60 Å². The normalized spacial score (nSPS) is 11.0. The molecular formula is C21H19N3O. The summed E-state index contributed by atoms with van der Waals surface area (Å²) in [5.41, 5.74) is 12.1. The van der Waals surface area contributed by atoms with Gasteiger partial charge in [-0.1, -0.05) is 89.0 Å². The van der Waals surface area contributed by atoms with E-state index in [-0.39, 0.29) is 0 Å². The summed E-state index contributed by atoms with van der Waals surface area (Å²) >= 11 is 0. The molecule has 0 aliphatic rings. The van der Waals surface area contributed by atoms with Gasteiger partial charge in [0.2, 0.25) is 0 Å². The van der Waals surface area contributed by atoms with Crippen molar-refractivity contribution in [3.05, 3.63) is 111 Å². The fourth-order valence-corrected chi connectivity index (χ4v) is 2.98. The van der Waals surface area contributed by atoms with Gasteiger partial charge in [-0.05, 0) is 30.5 Å². The summed E-state index contributed by atoms with van der Waals surface area (Å²) in [7, 11) is 0. The van der Waals surface area contributed by atoms with Crippen LogP contribution in [0.1, 0.15) is 27.8 Å². The summed E-state index contributed by atoms with van der Waals surface area (Å²) < 4.78 is 0. The van der Waals surface area contributed by atoms with Crippen LogP contribution in [-0.4, -0.2) is 5.11 Å². The second-order valence-electron chi connectivity index (χ2n) is 6.15. The van der Waals surface area contributed by atoms with Gasteiger partial charge < -0.3 is 5.11 Å². The highest BCUT2D eigenvalue weighted by atomic mass is 16.3. The minimum atomic E-state index is -1.41. The zero-order valence-electron chi connectivity index (χ0n) is 14.2. The van der Waals surface area contributed by atoms with Crippen molar-refractivity contribution in [2.45, 2.75) is 19.4 Å². The summed E-state index contributed by atoms with van der Waals surface area (Å²) in [4.78, 5) is 2.91. The van der Waals surface area contributed by atoms with Gasteiger partial charge in [-0.3, -0.25) is 0 Å². The van der Waals surface area contributed by atoms with Crippen LogP contribution in [0.5, 0.6) is 0 Å². The van der Waals surface area contributed by atoms with Gasteiger partial charge in [0.05, 0.1) is 0 Å². The molecular weight excluding hydrogens is 310 g/mol. The minimum absolute atomic E-state index is 0.411. The standard InChI is InChI=1S/C21H19N3O/c1-15-7-11-17(12-8-15)21(25,18-13-9-16(2)10-14-18)19-5-3-4-6-20(19)23-24-22/h3-14,25H,1-2H3. The molecule has 0 aliphatic carbocycles. The molecule has 0 heterocycles. The molecule has 0 aromatic heterocycles. The van der Waals surface area contributed by atoms with E-state index in [2.05, 4.69) is 10.0 Å². The first-order chi connectivity index (χ1) is 12.1. The number of aryl methyl sites for hydroxylation is 2. The lowest BCUT2D eigenvalue weighted by atomic mass is 9.79. The van der Waals surface area contributed by atoms with Gasteiger partial charge in [0.15, 0.2) is 0 Å². The Morgan fingerprint density at radius 1 is 0.800 bits per heavy atom. The molecule has 0 saturated carbocycles. The molecule has 0 aliphatic heterocycles. The van der Waals surface area contributed by atoms with Gasteiger partial charge in [-0.2, -0.15) is 0 Å². The number of rotatable bonds is 4. The number of hydrogen-bond acceptors (Lipinski definition) is 2. The first kappa shape index (κ1) is 16.8. The molecule has 3 rings (SSSR count). The minimum Gasteiger partial charge on any atom is -0.376 e. The van der Waals surface area contributed by atoms with E-state index in [4.69, 9.17) is 5.53 Å². The van der Waals surface area contributed by atoms with Crippen molar-refractivity contribution in [2.75, 3.05) is 0 Å². The second kappa shape index (κ2) is 6.81. The topological polar surface area (TPSA) is 69.0 Å². The molecule has 0 spiro atoms. The van der Waals surface area contributed by atoms with Crippen LogP contribution in [0.25, 0.3) is 10.4 Å². The highest BCUT2D eigenvalue weighted by Crippen LogP contribution is 2.41. The molecule has 0 unspecified atom stereocenters. The van der Waals surface area contributed by atoms with Gasteiger partial charge in [0, 0.05) is 16.2 Å². The molecule has 4 nitrogen and oxygen atoms in total. The van der Waals surface area contributed by atoms with Crippen LogP contribution in [0.3, 0.4) is 0 Å². The summed E-state index contributed by atoms with van der Waals surface area (Å²) in [5.74, 6) is 0.